The Morgan fingerprint density at radius 3 is 2.05 bits per heavy atom. The number of hydrogen-bond donors (Lipinski definition) is 1. The van der Waals surface area contributed by atoms with Gasteiger partial charge in [-0.15, -0.1) is 22.7 Å². The summed E-state index contributed by atoms with van der Waals surface area (Å²) in [5.74, 6) is -0.758. The number of primary amides is 1. The van der Waals surface area contributed by atoms with Crippen molar-refractivity contribution in [2.75, 3.05) is 0 Å². The SMILES string of the molecule is N#Cc1sccc1[N+](=O)[O-].NC(=O)c1sccc1[N+](=O)[O-]. The van der Waals surface area contributed by atoms with E-state index in [9.17, 15) is 25.0 Å². The molecule has 11 heteroatoms. The van der Waals surface area contributed by atoms with Crippen molar-refractivity contribution in [3.8, 4) is 6.07 Å². The van der Waals surface area contributed by atoms with Crippen molar-refractivity contribution < 1.29 is 14.6 Å². The normalized spacial score (nSPS) is 9.10. The minimum absolute atomic E-state index is 0.00463. The van der Waals surface area contributed by atoms with Gasteiger partial charge in [0.2, 0.25) is 0 Å². The summed E-state index contributed by atoms with van der Waals surface area (Å²) >= 11 is 2.04. The Morgan fingerprint density at radius 2 is 1.67 bits per heavy atom. The number of hydrogen-bond acceptors (Lipinski definition) is 8. The summed E-state index contributed by atoms with van der Waals surface area (Å²) in [6.45, 7) is 0. The summed E-state index contributed by atoms with van der Waals surface area (Å²) in [5, 5.41) is 31.6. The van der Waals surface area contributed by atoms with E-state index in [1.807, 2.05) is 0 Å². The summed E-state index contributed by atoms with van der Waals surface area (Å²) in [6, 6.07) is 4.31. The van der Waals surface area contributed by atoms with Gasteiger partial charge in [-0.1, -0.05) is 0 Å². The molecule has 1 amide bonds. The van der Waals surface area contributed by atoms with Crippen LogP contribution >= 0.6 is 22.7 Å². The molecule has 0 aliphatic heterocycles. The molecule has 0 aliphatic carbocycles. The van der Waals surface area contributed by atoms with Gasteiger partial charge in [0, 0.05) is 12.1 Å². The highest BCUT2D eigenvalue weighted by Gasteiger charge is 2.18. The zero-order valence-corrected chi connectivity index (χ0v) is 11.7. The highest BCUT2D eigenvalue weighted by molar-refractivity contribution is 7.12. The van der Waals surface area contributed by atoms with Crippen molar-refractivity contribution >= 4 is 40.0 Å². The third-order valence-electron chi connectivity index (χ3n) is 2.01. The standard InChI is InChI=1S/C5H4N2O3S.C5H2N2O2S/c6-5(8)4-3(7(9)10)1-2-11-4;6-3-5-4(7(8)9)1-2-10-5/h1-2H,(H2,6,8);1-2H. The molecule has 0 radical (unpaired) electrons. The van der Waals surface area contributed by atoms with Crippen molar-refractivity contribution in [2.24, 2.45) is 5.73 Å². The molecule has 108 valence electrons. The molecule has 0 unspecified atom stereocenters. The first-order chi connectivity index (χ1) is 9.88. The van der Waals surface area contributed by atoms with Crippen LogP contribution in [0.1, 0.15) is 14.5 Å². The fourth-order valence-electron chi connectivity index (χ4n) is 1.16. The predicted octanol–water partition coefficient (Wildman–Crippen LogP) is 2.28. The van der Waals surface area contributed by atoms with Crippen LogP contribution in [-0.2, 0) is 0 Å². The largest absolute Gasteiger partial charge is 0.365 e. The highest BCUT2D eigenvalue weighted by Crippen LogP contribution is 2.23. The van der Waals surface area contributed by atoms with E-state index in [4.69, 9.17) is 11.0 Å². The third-order valence-corrected chi connectivity index (χ3v) is 3.73. The van der Waals surface area contributed by atoms with Crippen molar-refractivity contribution in [2.45, 2.75) is 0 Å². The maximum atomic E-state index is 10.5. The third kappa shape index (κ3) is 4.06. The molecular weight excluding hydrogens is 320 g/mol. The Balaban J connectivity index is 0.000000211. The molecule has 9 nitrogen and oxygen atoms in total. The molecule has 0 saturated carbocycles. The van der Waals surface area contributed by atoms with Gasteiger partial charge in [0.15, 0.2) is 9.75 Å². The molecule has 2 rings (SSSR count). The van der Waals surface area contributed by atoms with Crippen LogP contribution in [0.4, 0.5) is 11.4 Å². The molecular formula is C10H6N4O5S2. The van der Waals surface area contributed by atoms with E-state index in [0.717, 1.165) is 22.7 Å². The molecule has 0 aromatic carbocycles. The first-order valence-corrected chi connectivity index (χ1v) is 6.78. The molecule has 0 spiro atoms. The van der Waals surface area contributed by atoms with E-state index in [-0.39, 0.29) is 21.1 Å². The highest BCUT2D eigenvalue weighted by atomic mass is 32.1. The monoisotopic (exact) mass is 326 g/mol. The van der Waals surface area contributed by atoms with Gasteiger partial charge in [-0.25, -0.2) is 0 Å². The topological polar surface area (TPSA) is 153 Å². The Labute approximate surface area is 125 Å². The van der Waals surface area contributed by atoms with Crippen LogP contribution in [0.5, 0.6) is 0 Å². The van der Waals surface area contributed by atoms with Crippen LogP contribution in [0.25, 0.3) is 0 Å². The van der Waals surface area contributed by atoms with Crippen LogP contribution in [0.15, 0.2) is 22.9 Å². The fraction of sp³-hybridized carbons (Fsp3) is 0. The summed E-state index contributed by atoms with van der Waals surface area (Å²) < 4.78 is 0. The smallest absolute Gasteiger partial charge is 0.297 e. The maximum Gasteiger partial charge on any atom is 0.297 e. The number of amides is 1. The maximum absolute atomic E-state index is 10.5. The molecule has 2 aromatic heterocycles. The molecule has 0 atom stereocenters. The molecule has 0 saturated heterocycles. The Hall–Kier alpha value is -2.84. The van der Waals surface area contributed by atoms with Gasteiger partial charge in [0.05, 0.1) is 9.85 Å². The lowest BCUT2D eigenvalue weighted by Crippen LogP contribution is -2.10. The van der Waals surface area contributed by atoms with Gasteiger partial charge in [-0.3, -0.25) is 25.0 Å². The Morgan fingerprint density at radius 1 is 1.14 bits per heavy atom. The summed E-state index contributed by atoms with van der Waals surface area (Å²) in [7, 11) is 0. The zero-order valence-electron chi connectivity index (χ0n) is 10.1. The number of rotatable bonds is 3. The lowest BCUT2D eigenvalue weighted by molar-refractivity contribution is -0.384. The van der Waals surface area contributed by atoms with Crippen LogP contribution < -0.4 is 5.73 Å². The van der Waals surface area contributed by atoms with Gasteiger partial charge < -0.3 is 5.73 Å². The van der Waals surface area contributed by atoms with Crippen molar-refractivity contribution in [3.63, 3.8) is 0 Å². The summed E-state index contributed by atoms with van der Waals surface area (Å²) in [6.07, 6.45) is 0. The minimum Gasteiger partial charge on any atom is -0.365 e. The average molecular weight is 326 g/mol. The van der Waals surface area contributed by atoms with E-state index in [0.29, 0.717) is 0 Å². The molecule has 2 heterocycles. The van der Waals surface area contributed by atoms with Crippen molar-refractivity contribution in [1.29, 1.82) is 5.26 Å². The Kier molecular flexibility index (Phi) is 5.47. The number of thiophene rings is 2. The van der Waals surface area contributed by atoms with E-state index in [1.165, 1.54) is 22.9 Å². The van der Waals surface area contributed by atoms with Gasteiger partial charge in [0.1, 0.15) is 6.07 Å². The van der Waals surface area contributed by atoms with Crippen LogP contribution in [-0.4, -0.2) is 15.8 Å². The molecule has 2 N–H and O–H groups in total. The average Bonchev–Trinajstić information content (AvgIpc) is 3.08. The zero-order chi connectivity index (χ0) is 16.0. The molecule has 21 heavy (non-hydrogen) atoms. The second kappa shape index (κ2) is 7.08. The molecule has 0 aliphatic rings. The number of carbonyl (C=O) groups is 1. The molecule has 2 aromatic rings. The summed E-state index contributed by atoms with van der Waals surface area (Å²) in [5.41, 5.74) is 4.54. The quantitative estimate of drug-likeness (QED) is 0.674. The predicted molar refractivity (Wildman–Crippen MR) is 75.2 cm³/mol. The van der Waals surface area contributed by atoms with E-state index in [2.05, 4.69) is 0 Å². The second-order valence-electron chi connectivity index (χ2n) is 3.26. The van der Waals surface area contributed by atoms with Crippen LogP contribution in [0, 0.1) is 31.6 Å². The van der Waals surface area contributed by atoms with Crippen LogP contribution in [0.2, 0.25) is 0 Å². The molecule has 0 fully saturated rings. The number of nitrogens with zero attached hydrogens (tertiary/aromatic N) is 3. The summed E-state index contributed by atoms with van der Waals surface area (Å²) in [4.78, 5) is 29.8. The van der Waals surface area contributed by atoms with Crippen molar-refractivity contribution in [1.82, 2.24) is 0 Å². The van der Waals surface area contributed by atoms with Crippen molar-refractivity contribution in [3.05, 3.63) is 52.9 Å². The Bertz CT molecular complexity index is 701. The lowest BCUT2D eigenvalue weighted by Gasteiger charge is -1.87. The van der Waals surface area contributed by atoms with Gasteiger partial charge in [-0.2, -0.15) is 5.26 Å². The van der Waals surface area contributed by atoms with Crippen LogP contribution in [0.3, 0.4) is 0 Å². The van der Waals surface area contributed by atoms with Gasteiger partial charge >= 0.3 is 0 Å². The second-order valence-corrected chi connectivity index (χ2v) is 5.09. The van der Waals surface area contributed by atoms with E-state index in [1.54, 1.807) is 6.07 Å². The minimum atomic E-state index is -0.758. The lowest BCUT2D eigenvalue weighted by atomic mass is 10.4. The van der Waals surface area contributed by atoms with E-state index >= 15 is 0 Å². The van der Waals surface area contributed by atoms with Gasteiger partial charge in [0.25, 0.3) is 17.3 Å². The first-order valence-electron chi connectivity index (χ1n) is 5.02. The van der Waals surface area contributed by atoms with Gasteiger partial charge in [-0.05, 0) is 10.8 Å². The molecule has 0 bridgehead atoms. The number of nitro groups is 2. The van der Waals surface area contributed by atoms with E-state index < -0.39 is 15.8 Å². The number of nitriles is 1. The first kappa shape index (κ1) is 16.2. The fourth-order valence-corrected chi connectivity index (χ4v) is 2.52. The number of nitrogens with two attached hydrogens (primary N) is 1. The number of carbonyl (C=O) groups excluding carboxylic acids is 1.